The van der Waals surface area contributed by atoms with E-state index in [1.165, 1.54) is 0 Å². The number of aliphatic hydroxyl groups excluding tert-OH is 1. The Bertz CT molecular complexity index is 390. The van der Waals surface area contributed by atoms with Crippen molar-refractivity contribution in [3.05, 3.63) is 29.8 Å². The van der Waals surface area contributed by atoms with Gasteiger partial charge in [0.15, 0.2) is 0 Å². The molecule has 0 spiro atoms. The van der Waals surface area contributed by atoms with Crippen molar-refractivity contribution >= 4 is 5.91 Å². The second-order valence-corrected chi connectivity index (χ2v) is 3.83. The normalized spacial score (nSPS) is 20.5. The molecule has 1 aromatic carbocycles. The molecule has 1 aliphatic heterocycles. The molecule has 1 aromatic rings. The molecule has 0 saturated carbocycles. The molecule has 1 aliphatic rings. The summed E-state index contributed by atoms with van der Waals surface area (Å²) in [4.78, 5) is 13.2. The zero-order chi connectivity index (χ0) is 12.3. The lowest BCUT2D eigenvalue weighted by atomic mass is 10.2. The van der Waals surface area contributed by atoms with Gasteiger partial charge in [0.2, 0.25) is 6.29 Å². The summed E-state index contributed by atoms with van der Waals surface area (Å²) in [6.07, 6.45) is -1.32. The highest BCUT2D eigenvalue weighted by molar-refractivity contribution is 5.79. The van der Waals surface area contributed by atoms with Crippen LogP contribution in [-0.2, 0) is 16.1 Å². The monoisotopic (exact) mass is 237 g/mol. The molecule has 0 bridgehead atoms. The molecule has 1 heterocycles. The van der Waals surface area contributed by atoms with Crippen molar-refractivity contribution in [3.8, 4) is 5.75 Å². The minimum atomic E-state index is -1.32. The summed E-state index contributed by atoms with van der Waals surface area (Å²) in [5.74, 6) is 0.397. The third kappa shape index (κ3) is 2.75. The van der Waals surface area contributed by atoms with E-state index in [1.807, 2.05) is 24.3 Å². The lowest BCUT2D eigenvalue weighted by Crippen LogP contribution is -2.47. The first-order valence-electron chi connectivity index (χ1n) is 5.42. The number of hydrogen-bond acceptors (Lipinski definition) is 4. The molecule has 1 fully saturated rings. The van der Waals surface area contributed by atoms with Gasteiger partial charge in [-0.1, -0.05) is 12.1 Å². The minimum Gasteiger partial charge on any atom is -0.497 e. The van der Waals surface area contributed by atoms with Gasteiger partial charge < -0.3 is 19.5 Å². The Kier molecular flexibility index (Phi) is 3.61. The summed E-state index contributed by atoms with van der Waals surface area (Å²) in [6, 6.07) is 7.48. The molecule has 0 radical (unpaired) electrons. The molecule has 0 aromatic heterocycles. The van der Waals surface area contributed by atoms with Gasteiger partial charge in [-0.25, -0.2) is 0 Å². The number of benzene rings is 1. The van der Waals surface area contributed by atoms with Gasteiger partial charge in [0, 0.05) is 13.1 Å². The fourth-order valence-corrected chi connectivity index (χ4v) is 1.72. The zero-order valence-corrected chi connectivity index (χ0v) is 9.63. The first kappa shape index (κ1) is 11.9. The highest BCUT2D eigenvalue weighted by atomic mass is 16.6. The average Bonchev–Trinajstić information content (AvgIpc) is 2.36. The van der Waals surface area contributed by atoms with E-state index in [1.54, 1.807) is 12.0 Å². The van der Waals surface area contributed by atoms with Crippen molar-refractivity contribution in [3.63, 3.8) is 0 Å². The highest BCUT2D eigenvalue weighted by Gasteiger charge is 2.27. The molecule has 92 valence electrons. The number of amides is 1. The van der Waals surface area contributed by atoms with Gasteiger partial charge in [0.1, 0.15) is 5.75 Å². The van der Waals surface area contributed by atoms with Crippen molar-refractivity contribution in [2.75, 3.05) is 20.3 Å². The first-order valence-corrected chi connectivity index (χ1v) is 5.42. The predicted octanol–water partition coefficient (Wildman–Crippen LogP) is 0.372. The number of methoxy groups -OCH3 is 1. The Balaban J connectivity index is 2.01. The van der Waals surface area contributed by atoms with Gasteiger partial charge in [-0.05, 0) is 17.7 Å². The summed E-state index contributed by atoms with van der Waals surface area (Å²) < 4.78 is 9.90. The minimum absolute atomic E-state index is 0.364. The molecule has 1 amide bonds. The molecule has 0 aliphatic carbocycles. The lowest BCUT2D eigenvalue weighted by Gasteiger charge is -2.29. The van der Waals surface area contributed by atoms with Gasteiger partial charge in [-0.2, -0.15) is 0 Å². The molecule has 2 rings (SSSR count). The van der Waals surface area contributed by atoms with Crippen LogP contribution in [0.25, 0.3) is 0 Å². The summed E-state index contributed by atoms with van der Waals surface area (Å²) in [5, 5.41) is 9.27. The second-order valence-electron chi connectivity index (χ2n) is 3.83. The third-order valence-electron chi connectivity index (χ3n) is 2.69. The summed E-state index contributed by atoms with van der Waals surface area (Å²) in [5.41, 5.74) is 0.994. The van der Waals surface area contributed by atoms with Gasteiger partial charge in [0.05, 0.1) is 13.7 Å². The third-order valence-corrected chi connectivity index (χ3v) is 2.69. The van der Waals surface area contributed by atoms with Crippen LogP contribution in [0.3, 0.4) is 0 Å². The number of carbonyl (C=O) groups is 1. The lowest BCUT2D eigenvalue weighted by molar-refractivity contribution is -0.184. The van der Waals surface area contributed by atoms with E-state index in [0.29, 0.717) is 19.7 Å². The van der Waals surface area contributed by atoms with Crippen LogP contribution in [0.1, 0.15) is 5.56 Å². The molecule has 5 nitrogen and oxygen atoms in total. The molecular formula is C12H15NO4. The van der Waals surface area contributed by atoms with E-state index < -0.39 is 6.29 Å². The topological polar surface area (TPSA) is 59.0 Å². The van der Waals surface area contributed by atoms with Crippen molar-refractivity contribution in [1.29, 1.82) is 0 Å². The van der Waals surface area contributed by atoms with Crippen molar-refractivity contribution in [1.82, 2.24) is 4.90 Å². The first-order chi connectivity index (χ1) is 8.20. The van der Waals surface area contributed by atoms with Gasteiger partial charge in [0.25, 0.3) is 5.91 Å². The smallest absolute Gasteiger partial charge is 0.279 e. The van der Waals surface area contributed by atoms with Crippen LogP contribution in [0.15, 0.2) is 24.3 Å². The van der Waals surface area contributed by atoms with Crippen molar-refractivity contribution in [2.45, 2.75) is 12.8 Å². The quantitative estimate of drug-likeness (QED) is 0.825. The number of morpholine rings is 1. The van der Waals surface area contributed by atoms with Crippen LogP contribution in [0, 0.1) is 0 Å². The van der Waals surface area contributed by atoms with E-state index in [2.05, 4.69) is 0 Å². The van der Waals surface area contributed by atoms with Crippen LogP contribution in [0.5, 0.6) is 5.75 Å². The number of hydrogen-bond donors (Lipinski definition) is 1. The number of ether oxygens (including phenoxy) is 2. The molecule has 1 N–H and O–H groups in total. The number of aliphatic hydroxyl groups is 1. The van der Waals surface area contributed by atoms with Crippen LogP contribution < -0.4 is 4.74 Å². The highest BCUT2D eigenvalue weighted by Crippen LogP contribution is 2.14. The molecular weight excluding hydrogens is 222 g/mol. The van der Waals surface area contributed by atoms with Gasteiger partial charge in [-0.15, -0.1) is 0 Å². The largest absolute Gasteiger partial charge is 0.497 e. The fourth-order valence-electron chi connectivity index (χ4n) is 1.72. The summed E-state index contributed by atoms with van der Waals surface area (Å²) in [6.45, 7) is 1.34. The Hall–Kier alpha value is -1.59. The van der Waals surface area contributed by atoms with E-state index in [-0.39, 0.29) is 5.91 Å². The van der Waals surface area contributed by atoms with Crippen molar-refractivity contribution in [2.24, 2.45) is 0 Å². The number of rotatable bonds is 3. The molecule has 1 saturated heterocycles. The van der Waals surface area contributed by atoms with Gasteiger partial charge in [-0.3, -0.25) is 4.79 Å². The Labute approximate surface area is 99.6 Å². The van der Waals surface area contributed by atoms with E-state index in [0.717, 1.165) is 11.3 Å². The maximum atomic E-state index is 11.6. The van der Waals surface area contributed by atoms with Gasteiger partial charge >= 0.3 is 0 Å². The average molecular weight is 237 g/mol. The molecule has 1 atom stereocenters. The Morgan fingerprint density at radius 3 is 2.82 bits per heavy atom. The van der Waals surface area contributed by atoms with E-state index >= 15 is 0 Å². The van der Waals surface area contributed by atoms with E-state index in [9.17, 15) is 9.90 Å². The van der Waals surface area contributed by atoms with Crippen LogP contribution >= 0.6 is 0 Å². The zero-order valence-electron chi connectivity index (χ0n) is 9.63. The SMILES string of the molecule is COc1ccc(CN2CCOC(O)C2=O)cc1. The fraction of sp³-hybridized carbons (Fsp3) is 0.417. The second kappa shape index (κ2) is 5.16. The standard InChI is InChI=1S/C12H15NO4/c1-16-10-4-2-9(3-5-10)8-13-6-7-17-12(15)11(13)14/h2-5,12,15H,6-8H2,1H3. The number of carbonyl (C=O) groups excluding carboxylic acids is 1. The molecule has 1 unspecified atom stereocenters. The Morgan fingerprint density at radius 2 is 2.18 bits per heavy atom. The van der Waals surface area contributed by atoms with E-state index in [4.69, 9.17) is 9.47 Å². The van der Waals surface area contributed by atoms with Crippen LogP contribution in [0.4, 0.5) is 0 Å². The molecule has 17 heavy (non-hydrogen) atoms. The van der Waals surface area contributed by atoms with Crippen LogP contribution in [-0.4, -0.2) is 42.5 Å². The summed E-state index contributed by atoms with van der Waals surface area (Å²) >= 11 is 0. The maximum absolute atomic E-state index is 11.6. The maximum Gasteiger partial charge on any atom is 0.279 e. The number of nitrogens with zero attached hydrogens (tertiary/aromatic N) is 1. The Morgan fingerprint density at radius 1 is 1.47 bits per heavy atom. The van der Waals surface area contributed by atoms with Crippen LogP contribution in [0.2, 0.25) is 0 Å². The van der Waals surface area contributed by atoms with Crippen molar-refractivity contribution < 1.29 is 19.4 Å². The molecule has 5 heteroatoms. The summed E-state index contributed by atoms with van der Waals surface area (Å²) in [7, 11) is 1.61. The predicted molar refractivity (Wildman–Crippen MR) is 60.4 cm³/mol.